The number of hydrogen-bond donors (Lipinski definition) is 0. The highest BCUT2D eigenvalue weighted by Gasteiger charge is 1.98. The molecule has 0 unspecified atom stereocenters. The Labute approximate surface area is 101 Å². The van der Waals surface area contributed by atoms with Crippen LogP contribution in [0.1, 0.15) is 5.56 Å². The molecule has 0 heterocycles. The van der Waals surface area contributed by atoms with Crippen LogP contribution in [0, 0.1) is 0 Å². The third kappa shape index (κ3) is 5.22. The minimum absolute atomic E-state index is 0.574. The van der Waals surface area contributed by atoms with Crippen molar-refractivity contribution in [3.63, 3.8) is 0 Å². The lowest BCUT2D eigenvalue weighted by Crippen LogP contribution is -2.17. The molecule has 1 aromatic carbocycles. The molecule has 3 heteroatoms. The van der Waals surface area contributed by atoms with E-state index in [0.29, 0.717) is 5.88 Å². The van der Waals surface area contributed by atoms with E-state index in [4.69, 9.17) is 23.2 Å². The molecule has 15 heavy (non-hydrogen) atoms. The Bertz CT molecular complexity index is 323. The van der Waals surface area contributed by atoms with Crippen molar-refractivity contribution >= 4 is 23.2 Å². The average Bonchev–Trinajstić information content (AvgIpc) is 2.18. The molecular weight excluding hydrogens is 229 g/mol. The van der Waals surface area contributed by atoms with Gasteiger partial charge in [-0.25, -0.2) is 0 Å². The largest absolute Gasteiger partial charge is 0.298 e. The highest BCUT2D eigenvalue weighted by atomic mass is 35.5. The predicted octanol–water partition coefficient (Wildman–Crippen LogP) is 3.57. The van der Waals surface area contributed by atoms with Crippen LogP contribution in [0.25, 0.3) is 0 Å². The van der Waals surface area contributed by atoms with Gasteiger partial charge in [0.1, 0.15) is 0 Å². The van der Waals surface area contributed by atoms with Crippen molar-refractivity contribution in [1.29, 1.82) is 0 Å². The summed E-state index contributed by atoms with van der Waals surface area (Å²) in [4.78, 5) is 2.20. The molecule has 0 aromatic heterocycles. The number of halogens is 2. The van der Waals surface area contributed by atoms with Crippen LogP contribution in [0.4, 0.5) is 0 Å². The molecule has 1 nitrogen and oxygen atoms in total. The quantitative estimate of drug-likeness (QED) is 0.565. The fourth-order valence-corrected chi connectivity index (χ4v) is 1.67. The lowest BCUT2D eigenvalue weighted by Gasteiger charge is -2.14. The van der Waals surface area contributed by atoms with Gasteiger partial charge in [0.15, 0.2) is 0 Å². The molecule has 1 rings (SSSR count). The predicted molar refractivity (Wildman–Crippen MR) is 67.6 cm³/mol. The van der Waals surface area contributed by atoms with Gasteiger partial charge in [-0.3, -0.25) is 4.90 Å². The van der Waals surface area contributed by atoms with Gasteiger partial charge in [0.25, 0.3) is 0 Å². The minimum Gasteiger partial charge on any atom is -0.298 e. The summed E-state index contributed by atoms with van der Waals surface area (Å²) in [6.45, 7) is 1.80. The van der Waals surface area contributed by atoms with E-state index < -0.39 is 0 Å². The maximum atomic E-state index is 5.91. The second-order valence-electron chi connectivity index (χ2n) is 3.45. The van der Waals surface area contributed by atoms with Gasteiger partial charge in [0.05, 0.1) is 0 Å². The fraction of sp³-hybridized carbons (Fsp3) is 0.333. The molecule has 0 fully saturated rings. The van der Waals surface area contributed by atoms with Gasteiger partial charge in [-0.2, -0.15) is 0 Å². The fourth-order valence-electron chi connectivity index (χ4n) is 1.33. The first kappa shape index (κ1) is 12.6. The van der Waals surface area contributed by atoms with Gasteiger partial charge in [-0.1, -0.05) is 35.9 Å². The lowest BCUT2D eigenvalue weighted by molar-refractivity contribution is 0.363. The summed E-state index contributed by atoms with van der Waals surface area (Å²) in [5.41, 5.74) is 1.23. The van der Waals surface area contributed by atoms with E-state index in [0.717, 1.165) is 18.1 Å². The van der Waals surface area contributed by atoms with E-state index in [-0.39, 0.29) is 0 Å². The summed E-state index contributed by atoms with van der Waals surface area (Å²) in [5, 5.41) is 0.789. The van der Waals surface area contributed by atoms with Crippen molar-refractivity contribution in [2.24, 2.45) is 0 Å². The van der Waals surface area contributed by atoms with E-state index in [1.54, 1.807) is 0 Å². The van der Waals surface area contributed by atoms with Crippen molar-refractivity contribution in [3.8, 4) is 0 Å². The van der Waals surface area contributed by atoms with Crippen molar-refractivity contribution in [2.75, 3.05) is 19.5 Å². The number of benzene rings is 1. The van der Waals surface area contributed by atoms with E-state index in [9.17, 15) is 0 Å². The molecule has 0 aliphatic rings. The normalized spacial score (nSPS) is 11.5. The Kier molecular flexibility index (Phi) is 5.77. The Morgan fingerprint density at radius 1 is 1.33 bits per heavy atom. The molecule has 0 aliphatic heterocycles. The van der Waals surface area contributed by atoms with Crippen molar-refractivity contribution in [3.05, 3.63) is 47.0 Å². The molecule has 82 valence electrons. The first-order valence-electron chi connectivity index (χ1n) is 4.86. The molecule has 0 aliphatic carbocycles. The monoisotopic (exact) mass is 243 g/mol. The third-order valence-electron chi connectivity index (χ3n) is 2.01. The van der Waals surface area contributed by atoms with Crippen LogP contribution in [0.15, 0.2) is 36.4 Å². The van der Waals surface area contributed by atoms with Gasteiger partial charge in [0, 0.05) is 24.0 Å². The molecule has 0 radical (unpaired) electrons. The van der Waals surface area contributed by atoms with Gasteiger partial charge < -0.3 is 0 Å². The second-order valence-corrected chi connectivity index (χ2v) is 4.20. The highest BCUT2D eigenvalue weighted by Crippen LogP contribution is 2.11. The maximum Gasteiger partial charge on any atom is 0.0409 e. The number of nitrogens with zero attached hydrogens (tertiary/aromatic N) is 1. The van der Waals surface area contributed by atoms with Gasteiger partial charge in [-0.05, 0) is 24.7 Å². The number of alkyl halides is 1. The van der Waals surface area contributed by atoms with E-state index >= 15 is 0 Å². The maximum absolute atomic E-state index is 5.91. The first-order chi connectivity index (χ1) is 7.22. The SMILES string of the molecule is CN(CC=CCCl)Cc1cccc(Cl)c1. The van der Waals surface area contributed by atoms with Crippen molar-refractivity contribution in [1.82, 2.24) is 4.90 Å². The second kappa shape index (κ2) is 6.89. The van der Waals surface area contributed by atoms with Crippen molar-refractivity contribution < 1.29 is 0 Å². The number of rotatable bonds is 5. The van der Waals surface area contributed by atoms with Crippen LogP contribution in [-0.4, -0.2) is 24.4 Å². The Hall–Kier alpha value is -0.500. The van der Waals surface area contributed by atoms with Crippen LogP contribution in [-0.2, 0) is 6.54 Å². The first-order valence-corrected chi connectivity index (χ1v) is 5.77. The van der Waals surface area contributed by atoms with Crippen LogP contribution < -0.4 is 0 Å². The van der Waals surface area contributed by atoms with Crippen LogP contribution in [0.2, 0.25) is 5.02 Å². The number of hydrogen-bond acceptors (Lipinski definition) is 1. The summed E-state index contributed by atoms with van der Waals surface area (Å²) < 4.78 is 0. The smallest absolute Gasteiger partial charge is 0.0409 e. The zero-order chi connectivity index (χ0) is 11.1. The van der Waals surface area contributed by atoms with Crippen molar-refractivity contribution in [2.45, 2.75) is 6.54 Å². The Morgan fingerprint density at radius 3 is 2.80 bits per heavy atom. The number of likely N-dealkylation sites (N-methyl/N-ethyl adjacent to an activating group) is 1. The molecule has 1 aromatic rings. The van der Waals surface area contributed by atoms with Crippen LogP contribution in [0.5, 0.6) is 0 Å². The number of allylic oxidation sites excluding steroid dienone is 1. The standard InChI is InChI=1S/C12H15Cl2N/c1-15(8-3-2-7-13)10-11-5-4-6-12(14)9-11/h2-6,9H,7-8,10H2,1H3. The molecule has 0 saturated heterocycles. The molecule has 0 bridgehead atoms. The van der Waals surface area contributed by atoms with E-state index in [1.165, 1.54) is 5.56 Å². The summed E-state index contributed by atoms with van der Waals surface area (Å²) in [5.74, 6) is 0.574. The van der Waals surface area contributed by atoms with Crippen LogP contribution in [0.3, 0.4) is 0 Å². The van der Waals surface area contributed by atoms with E-state index in [2.05, 4.69) is 24.1 Å². The zero-order valence-corrected chi connectivity index (χ0v) is 10.3. The molecule has 0 spiro atoms. The summed E-state index contributed by atoms with van der Waals surface area (Å²) in [6, 6.07) is 7.93. The molecule has 0 amide bonds. The highest BCUT2D eigenvalue weighted by molar-refractivity contribution is 6.30. The summed E-state index contributed by atoms with van der Waals surface area (Å²) >= 11 is 11.4. The zero-order valence-electron chi connectivity index (χ0n) is 8.79. The average molecular weight is 244 g/mol. The molecule has 0 N–H and O–H groups in total. The van der Waals surface area contributed by atoms with Gasteiger partial charge >= 0.3 is 0 Å². The van der Waals surface area contributed by atoms with Crippen LogP contribution >= 0.6 is 23.2 Å². The lowest BCUT2D eigenvalue weighted by atomic mass is 10.2. The molecule has 0 saturated carbocycles. The van der Waals surface area contributed by atoms with E-state index in [1.807, 2.05) is 24.3 Å². The topological polar surface area (TPSA) is 3.24 Å². The Morgan fingerprint density at radius 2 is 2.13 bits per heavy atom. The summed E-state index contributed by atoms with van der Waals surface area (Å²) in [6.07, 6.45) is 4.02. The summed E-state index contributed by atoms with van der Waals surface area (Å²) in [7, 11) is 2.07. The Balaban J connectivity index is 2.44. The molecule has 0 atom stereocenters. The van der Waals surface area contributed by atoms with Gasteiger partial charge in [-0.15, -0.1) is 11.6 Å². The van der Waals surface area contributed by atoms with Gasteiger partial charge in [0.2, 0.25) is 0 Å². The molecular formula is C12H15Cl2N. The minimum atomic E-state index is 0.574. The third-order valence-corrected chi connectivity index (χ3v) is 2.43.